The summed E-state index contributed by atoms with van der Waals surface area (Å²) in [5.41, 5.74) is 4.48. The van der Waals surface area contributed by atoms with Gasteiger partial charge in [0.2, 0.25) is 5.91 Å². The third-order valence-electron chi connectivity index (χ3n) is 4.37. The molecule has 1 N–H and O–H groups in total. The zero-order chi connectivity index (χ0) is 20.0. The molecule has 0 heterocycles. The predicted molar refractivity (Wildman–Crippen MR) is 108 cm³/mol. The quantitative estimate of drug-likeness (QED) is 0.716. The Kier molecular flexibility index (Phi) is 7.13. The number of anilines is 1. The first-order valence-corrected chi connectivity index (χ1v) is 9.13. The maximum Gasteiger partial charge on any atom is 0.238 e. The molecule has 0 radical (unpaired) electrons. The lowest BCUT2D eigenvalue weighted by Gasteiger charge is -2.20. The lowest BCUT2D eigenvalue weighted by Crippen LogP contribution is -2.30. The normalized spacial score (nSPS) is 10.7. The first-order valence-electron chi connectivity index (χ1n) is 9.13. The highest BCUT2D eigenvalue weighted by Gasteiger charge is 2.14. The zero-order valence-corrected chi connectivity index (χ0v) is 16.8. The van der Waals surface area contributed by atoms with Crippen molar-refractivity contribution < 1.29 is 14.3 Å². The van der Waals surface area contributed by atoms with Gasteiger partial charge in [-0.1, -0.05) is 18.2 Å². The fourth-order valence-corrected chi connectivity index (χ4v) is 3.00. The molecule has 0 atom stereocenters. The van der Waals surface area contributed by atoms with Crippen molar-refractivity contribution in [1.82, 2.24) is 4.90 Å². The number of para-hydroxylation sites is 1. The Morgan fingerprint density at radius 2 is 1.78 bits per heavy atom. The molecule has 2 aromatic carbocycles. The van der Waals surface area contributed by atoms with E-state index in [9.17, 15) is 9.59 Å². The summed E-state index contributed by atoms with van der Waals surface area (Å²) >= 11 is 0. The van der Waals surface area contributed by atoms with Crippen LogP contribution in [0.2, 0.25) is 0 Å². The van der Waals surface area contributed by atoms with Gasteiger partial charge in [0.15, 0.2) is 5.78 Å². The maximum atomic E-state index is 12.5. The van der Waals surface area contributed by atoms with Crippen molar-refractivity contribution >= 4 is 17.4 Å². The fourth-order valence-electron chi connectivity index (χ4n) is 3.00. The minimum Gasteiger partial charge on any atom is -0.494 e. The molecule has 1 amide bonds. The molecule has 0 aliphatic rings. The van der Waals surface area contributed by atoms with Crippen molar-refractivity contribution in [2.75, 3.05) is 25.5 Å². The summed E-state index contributed by atoms with van der Waals surface area (Å²) < 4.78 is 5.67. The standard InChI is InChI=1S/C22H28N2O3/c1-6-27-20-11-10-18(17(4)25)12-19(20)13-24(5)14-21(26)23-22-15(2)8-7-9-16(22)3/h7-12H,6,13-14H2,1-5H3,(H,23,26). The van der Waals surface area contributed by atoms with E-state index in [-0.39, 0.29) is 18.2 Å². The highest BCUT2D eigenvalue weighted by atomic mass is 16.5. The van der Waals surface area contributed by atoms with Crippen molar-refractivity contribution in [3.63, 3.8) is 0 Å². The van der Waals surface area contributed by atoms with Crippen LogP contribution in [0.1, 0.15) is 40.9 Å². The van der Waals surface area contributed by atoms with Crippen molar-refractivity contribution in [3.05, 3.63) is 58.7 Å². The zero-order valence-electron chi connectivity index (χ0n) is 16.8. The first-order chi connectivity index (χ1) is 12.8. The predicted octanol–water partition coefficient (Wildman–Crippen LogP) is 3.98. The molecular formula is C22H28N2O3. The number of rotatable bonds is 8. The number of hydrogen-bond donors (Lipinski definition) is 1. The monoisotopic (exact) mass is 368 g/mol. The number of ketones is 1. The first kappa shape index (κ1) is 20.6. The molecule has 5 nitrogen and oxygen atoms in total. The molecule has 5 heteroatoms. The van der Waals surface area contributed by atoms with Crippen LogP contribution in [0.15, 0.2) is 36.4 Å². The van der Waals surface area contributed by atoms with Crippen molar-refractivity contribution in [2.45, 2.75) is 34.2 Å². The van der Waals surface area contributed by atoms with E-state index in [0.29, 0.717) is 18.7 Å². The highest BCUT2D eigenvalue weighted by Crippen LogP contribution is 2.23. The van der Waals surface area contributed by atoms with Gasteiger partial charge in [0, 0.05) is 23.4 Å². The van der Waals surface area contributed by atoms with Gasteiger partial charge in [0.1, 0.15) is 5.75 Å². The molecule has 0 spiro atoms. The molecule has 0 saturated heterocycles. The van der Waals surface area contributed by atoms with Gasteiger partial charge in [-0.25, -0.2) is 0 Å². The van der Waals surface area contributed by atoms with Crippen LogP contribution in [0.25, 0.3) is 0 Å². The maximum absolute atomic E-state index is 12.5. The van der Waals surface area contributed by atoms with Crippen molar-refractivity contribution in [3.8, 4) is 5.75 Å². The third kappa shape index (κ3) is 5.66. The van der Waals surface area contributed by atoms with Gasteiger partial charge in [0.25, 0.3) is 0 Å². The van der Waals surface area contributed by atoms with Crippen LogP contribution >= 0.6 is 0 Å². The Labute approximate surface area is 161 Å². The molecular weight excluding hydrogens is 340 g/mol. The highest BCUT2D eigenvalue weighted by molar-refractivity contribution is 5.94. The van der Waals surface area contributed by atoms with Crippen LogP contribution in [0.5, 0.6) is 5.75 Å². The van der Waals surface area contributed by atoms with Gasteiger partial charge in [0.05, 0.1) is 13.2 Å². The number of likely N-dealkylation sites (N-methyl/N-ethyl adjacent to an activating group) is 1. The number of nitrogens with zero attached hydrogens (tertiary/aromatic N) is 1. The largest absolute Gasteiger partial charge is 0.494 e. The molecule has 2 rings (SSSR count). The van der Waals surface area contributed by atoms with Gasteiger partial charge in [-0.3, -0.25) is 14.5 Å². The van der Waals surface area contributed by atoms with Gasteiger partial charge in [-0.05, 0) is 64.1 Å². The van der Waals surface area contributed by atoms with Gasteiger partial charge >= 0.3 is 0 Å². The number of nitrogens with one attached hydrogen (secondary N) is 1. The Balaban J connectivity index is 2.08. The van der Waals surface area contributed by atoms with E-state index < -0.39 is 0 Å². The van der Waals surface area contributed by atoms with Crippen LogP contribution in [0.3, 0.4) is 0 Å². The summed E-state index contributed by atoms with van der Waals surface area (Å²) in [4.78, 5) is 26.1. The summed E-state index contributed by atoms with van der Waals surface area (Å²) in [6.45, 7) is 8.72. The average Bonchev–Trinajstić information content (AvgIpc) is 2.59. The van der Waals surface area contributed by atoms with Crippen LogP contribution in [0.4, 0.5) is 5.69 Å². The number of carbonyl (C=O) groups excluding carboxylic acids is 2. The Morgan fingerprint density at radius 3 is 2.37 bits per heavy atom. The number of carbonyl (C=O) groups is 2. The van der Waals surface area contributed by atoms with Crippen molar-refractivity contribution in [1.29, 1.82) is 0 Å². The minimum absolute atomic E-state index is 0.00900. The molecule has 0 aliphatic heterocycles. The van der Waals surface area contributed by atoms with E-state index in [0.717, 1.165) is 28.1 Å². The molecule has 0 aromatic heterocycles. The lowest BCUT2D eigenvalue weighted by molar-refractivity contribution is -0.117. The molecule has 0 saturated carbocycles. The molecule has 0 bridgehead atoms. The van der Waals surface area contributed by atoms with E-state index in [4.69, 9.17) is 4.74 Å². The molecule has 0 aliphatic carbocycles. The van der Waals surface area contributed by atoms with Crippen LogP contribution in [0, 0.1) is 13.8 Å². The molecule has 144 valence electrons. The number of amides is 1. The second-order valence-corrected chi connectivity index (χ2v) is 6.80. The van der Waals surface area contributed by atoms with E-state index >= 15 is 0 Å². The smallest absolute Gasteiger partial charge is 0.238 e. The fraction of sp³-hybridized carbons (Fsp3) is 0.364. The van der Waals surface area contributed by atoms with E-state index in [1.54, 1.807) is 13.0 Å². The van der Waals surface area contributed by atoms with E-state index in [2.05, 4.69) is 5.32 Å². The van der Waals surface area contributed by atoms with Crippen molar-refractivity contribution in [2.24, 2.45) is 0 Å². The lowest BCUT2D eigenvalue weighted by atomic mass is 10.1. The SMILES string of the molecule is CCOc1ccc(C(C)=O)cc1CN(C)CC(=O)Nc1c(C)cccc1C. The van der Waals surface area contributed by atoms with Gasteiger partial charge < -0.3 is 10.1 Å². The number of hydrogen-bond acceptors (Lipinski definition) is 4. The van der Waals surface area contributed by atoms with Gasteiger partial charge in [-0.2, -0.15) is 0 Å². The second-order valence-electron chi connectivity index (χ2n) is 6.80. The molecule has 2 aromatic rings. The Bertz CT molecular complexity index is 810. The molecule has 0 fully saturated rings. The summed E-state index contributed by atoms with van der Waals surface area (Å²) in [6, 6.07) is 11.4. The molecule has 27 heavy (non-hydrogen) atoms. The van der Waals surface area contributed by atoms with Crippen LogP contribution in [-0.2, 0) is 11.3 Å². The number of Topliss-reactive ketones (excluding diaryl/α,β-unsaturated/α-hetero) is 1. The van der Waals surface area contributed by atoms with E-state index in [1.807, 2.05) is 63.1 Å². The molecule has 0 unspecified atom stereocenters. The summed E-state index contributed by atoms with van der Waals surface area (Å²) in [5.74, 6) is 0.676. The number of ether oxygens (including phenoxy) is 1. The summed E-state index contributed by atoms with van der Waals surface area (Å²) in [5, 5.41) is 3.00. The Morgan fingerprint density at radius 1 is 1.11 bits per heavy atom. The minimum atomic E-state index is -0.0735. The summed E-state index contributed by atoms with van der Waals surface area (Å²) in [7, 11) is 1.88. The number of benzene rings is 2. The summed E-state index contributed by atoms with van der Waals surface area (Å²) in [6.07, 6.45) is 0. The van der Waals surface area contributed by atoms with Crippen LogP contribution < -0.4 is 10.1 Å². The topological polar surface area (TPSA) is 58.6 Å². The van der Waals surface area contributed by atoms with Crippen LogP contribution in [-0.4, -0.2) is 36.8 Å². The van der Waals surface area contributed by atoms with E-state index in [1.165, 1.54) is 0 Å². The average molecular weight is 368 g/mol. The third-order valence-corrected chi connectivity index (χ3v) is 4.37. The van der Waals surface area contributed by atoms with Gasteiger partial charge in [-0.15, -0.1) is 0 Å². The Hall–Kier alpha value is -2.66. The number of aryl methyl sites for hydroxylation is 2. The second kappa shape index (κ2) is 9.33.